The van der Waals surface area contributed by atoms with Crippen LogP contribution >= 0.6 is 11.3 Å². The van der Waals surface area contributed by atoms with Crippen molar-refractivity contribution in [2.24, 2.45) is 0 Å². The van der Waals surface area contributed by atoms with Gasteiger partial charge in [0, 0.05) is 17.5 Å². The minimum absolute atomic E-state index is 0.362. The number of halogens is 3. The highest BCUT2D eigenvalue weighted by Gasteiger charge is 2.38. The number of hydrogen-bond donors (Lipinski definition) is 0. The molecule has 10 heteroatoms. The molecule has 0 N–H and O–H groups in total. The zero-order chi connectivity index (χ0) is 27.0. The molecule has 0 spiro atoms. The third-order valence-corrected chi connectivity index (χ3v) is 9.86. The molecule has 0 aliphatic carbocycles. The van der Waals surface area contributed by atoms with Crippen molar-refractivity contribution >= 4 is 27.3 Å². The first-order valence-electron chi connectivity index (χ1n) is 12.1. The number of carbonyl (C=O) groups excluding carboxylic acids is 1. The topological polar surface area (TPSA) is 57.7 Å². The molecule has 37 heavy (non-hydrogen) atoms. The van der Waals surface area contributed by atoms with Gasteiger partial charge in [0.2, 0.25) is 15.9 Å². The van der Waals surface area contributed by atoms with Gasteiger partial charge in [0.25, 0.3) is 0 Å². The molecule has 0 saturated heterocycles. The number of alkyl halides is 3. The summed E-state index contributed by atoms with van der Waals surface area (Å²) in [6, 6.07) is 12.5. The van der Waals surface area contributed by atoms with E-state index in [2.05, 4.69) is 0 Å². The summed E-state index contributed by atoms with van der Waals surface area (Å²) >= 11 is 1.63. The van der Waals surface area contributed by atoms with Crippen LogP contribution in [0.4, 0.5) is 13.2 Å². The van der Waals surface area contributed by atoms with E-state index in [9.17, 15) is 26.4 Å². The van der Waals surface area contributed by atoms with Gasteiger partial charge in [-0.2, -0.15) is 17.5 Å². The molecule has 5 nitrogen and oxygen atoms in total. The van der Waals surface area contributed by atoms with Gasteiger partial charge in [-0.05, 0) is 73.0 Å². The van der Waals surface area contributed by atoms with Crippen molar-refractivity contribution in [1.82, 2.24) is 9.21 Å². The molecule has 2 atom stereocenters. The molecule has 0 saturated carbocycles. The molecule has 2 aromatic carbocycles. The molecule has 2 heterocycles. The number of hydrogen-bond acceptors (Lipinski definition) is 4. The van der Waals surface area contributed by atoms with Crippen LogP contribution in [0.25, 0.3) is 0 Å². The maximum absolute atomic E-state index is 13.8. The number of benzene rings is 2. The molecule has 1 aromatic heterocycles. The van der Waals surface area contributed by atoms with Crippen molar-refractivity contribution in [3.8, 4) is 0 Å². The number of aryl methyl sites for hydroxylation is 1. The monoisotopic (exact) mass is 550 g/mol. The van der Waals surface area contributed by atoms with Crippen LogP contribution in [0.3, 0.4) is 0 Å². The largest absolute Gasteiger partial charge is 0.416 e. The fourth-order valence-electron chi connectivity index (χ4n) is 4.69. The van der Waals surface area contributed by atoms with Crippen LogP contribution in [0.5, 0.6) is 0 Å². The van der Waals surface area contributed by atoms with Crippen LogP contribution in [0.15, 0.2) is 64.9 Å². The van der Waals surface area contributed by atoms with Gasteiger partial charge in [0.1, 0.15) is 0 Å². The molecule has 198 valence electrons. The Morgan fingerprint density at radius 2 is 1.86 bits per heavy atom. The van der Waals surface area contributed by atoms with Crippen LogP contribution in [-0.4, -0.2) is 42.7 Å². The van der Waals surface area contributed by atoms with Crippen LogP contribution in [-0.2, 0) is 27.4 Å². The molecular weight excluding hydrogens is 521 g/mol. The third kappa shape index (κ3) is 5.46. The Hall–Kier alpha value is -2.69. The van der Waals surface area contributed by atoms with Gasteiger partial charge in [-0.15, -0.1) is 11.3 Å². The van der Waals surface area contributed by atoms with E-state index in [1.807, 2.05) is 42.6 Å². The summed E-state index contributed by atoms with van der Waals surface area (Å²) in [4.78, 5) is 16.2. The lowest BCUT2D eigenvalue weighted by Gasteiger charge is -2.38. The van der Waals surface area contributed by atoms with Crippen molar-refractivity contribution < 1.29 is 26.4 Å². The average molecular weight is 551 g/mol. The standard InChI is InChI=1S/C27H29F3N2O3S2/c1-4-19(3)32(37(34,35)21-10-7-9-20(16-21)27(28,29)30)17-25(33)31-14-12-24-23(13-15-36-24)26(31)22-11-6-5-8-18(22)2/h5-11,13,15-16,19,26H,4,12,14,17H2,1-3H3/t19-,26+/m0/s1. The number of nitrogens with zero attached hydrogens (tertiary/aromatic N) is 2. The smallest absolute Gasteiger partial charge is 0.330 e. The quantitative estimate of drug-likeness (QED) is 0.361. The number of amides is 1. The number of fused-ring (bicyclic) bond motifs is 1. The lowest BCUT2D eigenvalue weighted by Crippen LogP contribution is -2.49. The molecule has 1 aliphatic heterocycles. The van der Waals surface area contributed by atoms with Crippen molar-refractivity contribution in [3.63, 3.8) is 0 Å². The summed E-state index contributed by atoms with van der Waals surface area (Å²) < 4.78 is 68.1. The third-order valence-electron chi connectivity index (χ3n) is 6.91. The SMILES string of the molecule is CC[C@H](C)N(CC(=O)N1CCc2sccc2[C@H]1c1ccccc1C)S(=O)(=O)c1cccc(C(F)(F)F)c1. The zero-order valence-electron chi connectivity index (χ0n) is 20.8. The molecule has 0 bridgehead atoms. The maximum Gasteiger partial charge on any atom is 0.416 e. The normalized spacial score (nSPS) is 17.1. The first kappa shape index (κ1) is 27.3. The second-order valence-corrected chi connectivity index (χ2v) is 12.1. The van der Waals surface area contributed by atoms with E-state index in [1.54, 1.807) is 30.1 Å². The molecule has 0 fully saturated rings. The Balaban J connectivity index is 1.71. The molecule has 3 aromatic rings. The van der Waals surface area contributed by atoms with E-state index in [0.717, 1.165) is 39.2 Å². The minimum Gasteiger partial charge on any atom is -0.330 e. The molecule has 1 amide bonds. The molecule has 0 unspecified atom stereocenters. The number of rotatable bonds is 7. The fraction of sp³-hybridized carbons (Fsp3) is 0.370. The average Bonchev–Trinajstić information content (AvgIpc) is 3.35. The van der Waals surface area contributed by atoms with Gasteiger partial charge in [0.15, 0.2) is 0 Å². The summed E-state index contributed by atoms with van der Waals surface area (Å²) in [5, 5.41) is 1.99. The van der Waals surface area contributed by atoms with Crippen molar-refractivity contribution in [2.45, 2.75) is 56.8 Å². The Bertz CT molecular complexity index is 1390. The summed E-state index contributed by atoms with van der Waals surface area (Å²) in [6.45, 7) is 5.36. The van der Waals surface area contributed by atoms with Crippen LogP contribution < -0.4 is 0 Å². The predicted octanol–water partition coefficient (Wildman–Crippen LogP) is 6.04. The lowest BCUT2D eigenvalue weighted by atomic mass is 9.90. The highest BCUT2D eigenvalue weighted by Crippen LogP contribution is 2.39. The van der Waals surface area contributed by atoms with Gasteiger partial charge < -0.3 is 4.90 Å². The van der Waals surface area contributed by atoms with Crippen molar-refractivity contribution in [1.29, 1.82) is 0 Å². The summed E-state index contributed by atoms with van der Waals surface area (Å²) in [5.41, 5.74) is 1.95. The second kappa shape index (κ2) is 10.6. The van der Waals surface area contributed by atoms with E-state index < -0.39 is 39.2 Å². The highest BCUT2D eigenvalue weighted by molar-refractivity contribution is 7.89. The zero-order valence-corrected chi connectivity index (χ0v) is 22.5. The van der Waals surface area contributed by atoms with Gasteiger partial charge >= 0.3 is 6.18 Å². The summed E-state index contributed by atoms with van der Waals surface area (Å²) in [6.07, 6.45) is -3.64. The van der Waals surface area contributed by atoms with E-state index in [0.29, 0.717) is 25.5 Å². The minimum atomic E-state index is -4.69. The number of sulfonamides is 1. The van der Waals surface area contributed by atoms with E-state index >= 15 is 0 Å². The summed E-state index contributed by atoms with van der Waals surface area (Å²) in [7, 11) is -4.38. The molecule has 0 radical (unpaired) electrons. The number of carbonyl (C=O) groups is 1. The molecule has 1 aliphatic rings. The lowest BCUT2D eigenvalue weighted by molar-refractivity contribution is -0.138. The Morgan fingerprint density at radius 1 is 1.14 bits per heavy atom. The second-order valence-electron chi connectivity index (χ2n) is 9.23. The molecule has 4 rings (SSSR count). The Labute approximate surface area is 219 Å². The molecular formula is C27H29F3N2O3S2. The van der Waals surface area contributed by atoms with Crippen LogP contribution in [0, 0.1) is 6.92 Å². The first-order valence-corrected chi connectivity index (χ1v) is 14.4. The maximum atomic E-state index is 13.8. The van der Waals surface area contributed by atoms with Gasteiger partial charge in [0.05, 0.1) is 23.0 Å². The van der Waals surface area contributed by atoms with E-state index in [1.165, 1.54) is 4.88 Å². The van der Waals surface area contributed by atoms with E-state index in [4.69, 9.17) is 0 Å². The highest BCUT2D eigenvalue weighted by atomic mass is 32.2. The van der Waals surface area contributed by atoms with Gasteiger partial charge in [-0.3, -0.25) is 4.79 Å². The summed E-state index contributed by atoms with van der Waals surface area (Å²) in [5.74, 6) is -0.388. The predicted molar refractivity (Wildman–Crippen MR) is 138 cm³/mol. The fourth-order valence-corrected chi connectivity index (χ4v) is 7.29. The van der Waals surface area contributed by atoms with Gasteiger partial charge in [-0.25, -0.2) is 8.42 Å². The number of thiophene rings is 1. The van der Waals surface area contributed by atoms with Crippen LogP contribution in [0.2, 0.25) is 0 Å². The first-order chi connectivity index (χ1) is 17.4. The van der Waals surface area contributed by atoms with Crippen molar-refractivity contribution in [2.75, 3.05) is 13.1 Å². The van der Waals surface area contributed by atoms with E-state index in [-0.39, 0.29) is 11.9 Å². The van der Waals surface area contributed by atoms with Gasteiger partial charge in [-0.1, -0.05) is 37.3 Å². The Morgan fingerprint density at radius 3 is 2.54 bits per heavy atom. The Kier molecular flexibility index (Phi) is 7.83. The van der Waals surface area contributed by atoms with Crippen LogP contribution in [0.1, 0.15) is 53.4 Å². The van der Waals surface area contributed by atoms with Crippen molar-refractivity contribution in [3.05, 3.63) is 87.1 Å².